The number of amides is 1. The van der Waals surface area contributed by atoms with Crippen molar-refractivity contribution in [3.8, 4) is 0 Å². The molecule has 94 valence electrons. The van der Waals surface area contributed by atoms with E-state index in [-0.39, 0.29) is 12.0 Å². The van der Waals surface area contributed by atoms with Crippen molar-refractivity contribution in [2.75, 3.05) is 7.11 Å². The van der Waals surface area contributed by atoms with Gasteiger partial charge in [0.15, 0.2) is 0 Å². The molecule has 3 atom stereocenters. The van der Waals surface area contributed by atoms with Crippen LogP contribution in [-0.4, -0.2) is 25.2 Å². The van der Waals surface area contributed by atoms with Crippen LogP contribution in [0.1, 0.15) is 52.4 Å². The standard InChI is InChI=1S/C13H25NO2/c1-4-5-7-11-8-6-9-12(11)14-13(15)10(2)16-3/h10-12H,4-9H2,1-3H3,(H,14,15). The minimum absolute atomic E-state index is 0.0379. The van der Waals surface area contributed by atoms with Gasteiger partial charge in [-0.25, -0.2) is 0 Å². The maximum Gasteiger partial charge on any atom is 0.249 e. The maximum absolute atomic E-state index is 11.7. The Hall–Kier alpha value is -0.570. The fraction of sp³-hybridized carbons (Fsp3) is 0.923. The number of rotatable bonds is 6. The smallest absolute Gasteiger partial charge is 0.249 e. The Bertz CT molecular complexity index is 218. The van der Waals surface area contributed by atoms with Crippen LogP contribution in [0.25, 0.3) is 0 Å². The fourth-order valence-corrected chi connectivity index (χ4v) is 2.45. The van der Waals surface area contributed by atoms with E-state index >= 15 is 0 Å². The van der Waals surface area contributed by atoms with E-state index in [1.807, 2.05) is 0 Å². The molecule has 3 heteroatoms. The topological polar surface area (TPSA) is 38.3 Å². The molecular formula is C13H25NO2. The molecule has 1 aliphatic rings. The molecule has 0 heterocycles. The van der Waals surface area contributed by atoms with Crippen molar-refractivity contribution < 1.29 is 9.53 Å². The summed E-state index contributed by atoms with van der Waals surface area (Å²) >= 11 is 0. The Morgan fingerprint density at radius 1 is 1.50 bits per heavy atom. The summed E-state index contributed by atoms with van der Waals surface area (Å²) in [4.78, 5) is 11.7. The summed E-state index contributed by atoms with van der Waals surface area (Å²) in [7, 11) is 1.58. The maximum atomic E-state index is 11.7. The van der Waals surface area contributed by atoms with Crippen molar-refractivity contribution in [2.24, 2.45) is 5.92 Å². The molecular weight excluding hydrogens is 202 g/mol. The van der Waals surface area contributed by atoms with E-state index in [9.17, 15) is 4.79 Å². The van der Waals surface area contributed by atoms with Crippen LogP contribution in [0.3, 0.4) is 0 Å². The molecule has 0 radical (unpaired) electrons. The molecule has 1 N–H and O–H groups in total. The Morgan fingerprint density at radius 3 is 2.88 bits per heavy atom. The van der Waals surface area contributed by atoms with Gasteiger partial charge in [0.05, 0.1) is 0 Å². The van der Waals surface area contributed by atoms with Crippen LogP contribution in [0.15, 0.2) is 0 Å². The lowest BCUT2D eigenvalue weighted by molar-refractivity contribution is -0.131. The first-order valence-corrected chi connectivity index (χ1v) is 6.52. The van der Waals surface area contributed by atoms with E-state index in [0.717, 1.165) is 6.42 Å². The summed E-state index contributed by atoms with van der Waals surface area (Å²) in [5.74, 6) is 0.726. The van der Waals surface area contributed by atoms with E-state index in [2.05, 4.69) is 12.2 Å². The highest BCUT2D eigenvalue weighted by Crippen LogP contribution is 2.29. The predicted molar refractivity (Wildman–Crippen MR) is 65.3 cm³/mol. The van der Waals surface area contributed by atoms with E-state index in [1.54, 1.807) is 14.0 Å². The molecule has 1 aliphatic carbocycles. The molecule has 0 spiro atoms. The summed E-state index contributed by atoms with van der Waals surface area (Å²) in [6, 6.07) is 0.386. The Kier molecular flexibility index (Phi) is 5.81. The third-order valence-corrected chi connectivity index (χ3v) is 3.64. The van der Waals surface area contributed by atoms with Crippen molar-refractivity contribution >= 4 is 5.91 Å². The van der Waals surface area contributed by atoms with Gasteiger partial charge in [0, 0.05) is 13.2 Å². The second kappa shape index (κ2) is 6.89. The van der Waals surface area contributed by atoms with Gasteiger partial charge in [0.1, 0.15) is 6.10 Å². The average molecular weight is 227 g/mol. The number of hydrogen-bond donors (Lipinski definition) is 1. The van der Waals surface area contributed by atoms with Gasteiger partial charge in [-0.15, -0.1) is 0 Å². The van der Waals surface area contributed by atoms with Gasteiger partial charge in [-0.05, 0) is 32.1 Å². The summed E-state index contributed by atoms with van der Waals surface area (Å²) in [5, 5.41) is 3.12. The first kappa shape index (κ1) is 13.5. The van der Waals surface area contributed by atoms with E-state index in [0.29, 0.717) is 12.0 Å². The summed E-state index contributed by atoms with van der Waals surface area (Å²) in [5.41, 5.74) is 0. The zero-order valence-electron chi connectivity index (χ0n) is 10.8. The lowest BCUT2D eigenvalue weighted by atomic mass is 9.96. The molecule has 0 aliphatic heterocycles. The number of nitrogens with one attached hydrogen (secondary N) is 1. The highest BCUT2D eigenvalue weighted by molar-refractivity contribution is 5.80. The zero-order valence-corrected chi connectivity index (χ0v) is 10.8. The van der Waals surface area contributed by atoms with Crippen molar-refractivity contribution in [1.82, 2.24) is 5.32 Å². The van der Waals surface area contributed by atoms with Crippen LogP contribution >= 0.6 is 0 Å². The molecule has 1 amide bonds. The largest absolute Gasteiger partial charge is 0.372 e. The molecule has 1 saturated carbocycles. The van der Waals surface area contributed by atoms with Gasteiger partial charge < -0.3 is 10.1 Å². The van der Waals surface area contributed by atoms with E-state index < -0.39 is 0 Å². The molecule has 0 aromatic heterocycles. The van der Waals surface area contributed by atoms with Gasteiger partial charge >= 0.3 is 0 Å². The summed E-state index contributed by atoms with van der Waals surface area (Å²) < 4.78 is 5.03. The number of carbonyl (C=O) groups is 1. The van der Waals surface area contributed by atoms with Crippen LogP contribution < -0.4 is 5.32 Å². The molecule has 1 fully saturated rings. The Morgan fingerprint density at radius 2 is 2.25 bits per heavy atom. The minimum Gasteiger partial charge on any atom is -0.372 e. The van der Waals surface area contributed by atoms with Crippen LogP contribution in [0, 0.1) is 5.92 Å². The van der Waals surface area contributed by atoms with Crippen LogP contribution in [-0.2, 0) is 9.53 Å². The number of unbranched alkanes of at least 4 members (excludes halogenated alkanes) is 1. The van der Waals surface area contributed by atoms with Crippen molar-refractivity contribution in [3.63, 3.8) is 0 Å². The van der Waals surface area contributed by atoms with Crippen LogP contribution in [0.4, 0.5) is 0 Å². The van der Waals surface area contributed by atoms with Gasteiger partial charge in [0.2, 0.25) is 5.91 Å². The van der Waals surface area contributed by atoms with Crippen molar-refractivity contribution in [2.45, 2.75) is 64.5 Å². The van der Waals surface area contributed by atoms with E-state index in [4.69, 9.17) is 4.74 Å². The quantitative estimate of drug-likeness (QED) is 0.757. The predicted octanol–water partition coefficient (Wildman–Crippen LogP) is 2.50. The zero-order chi connectivity index (χ0) is 12.0. The molecule has 0 aromatic rings. The first-order valence-electron chi connectivity index (χ1n) is 6.52. The third-order valence-electron chi connectivity index (χ3n) is 3.64. The summed E-state index contributed by atoms with van der Waals surface area (Å²) in [6.45, 7) is 4.01. The highest BCUT2D eigenvalue weighted by atomic mass is 16.5. The van der Waals surface area contributed by atoms with Gasteiger partial charge in [-0.3, -0.25) is 4.79 Å². The molecule has 0 aromatic carbocycles. The molecule has 1 rings (SSSR count). The SMILES string of the molecule is CCCCC1CCCC1NC(=O)C(C)OC. The Labute approximate surface area is 98.9 Å². The van der Waals surface area contributed by atoms with Crippen LogP contribution in [0.2, 0.25) is 0 Å². The summed E-state index contributed by atoms with van der Waals surface area (Å²) in [6.07, 6.45) is 7.10. The lowest BCUT2D eigenvalue weighted by Crippen LogP contribution is -2.42. The van der Waals surface area contributed by atoms with Crippen LogP contribution in [0.5, 0.6) is 0 Å². The van der Waals surface area contributed by atoms with Gasteiger partial charge in [0.25, 0.3) is 0 Å². The monoisotopic (exact) mass is 227 g/mol. The van der Waals surface area contributed by atoms with Crippen molar-refractivity contribution in [3.05, 3.63) is 0 Å². The lowest BCUT2D eigenvalue weighted by Gasteiger charge is -2.22. The molecule has 3 unspecified atom stereocenters. The highest BCUT2D eigenvalue weighted by Gasteiger charge is 2.28. The Balaban J connectivity index is 2.37. The third kappa shape index (κ3) is 3.78. The van der Waals surface area contributed by atoms with Gasteiger partial charge in [-0.2, -0.15) is 0 Å². The average Bonchev–Trinajstić information content (AvgIpc) is 2.72. The van der Waals surface area contributed by atoms with Gasteiger partial charge in [-0.1, -0.05) is 26.2 Å². The molecule has 0 saturated heterocycles. The van der Waals surface area contributed by atoms with E-state index in [1.165, 1.54) is 32.1 Å². The normalized spacial score (nSPS) is 26.7. The molecule has 16 heavy (non-hydrogen) atoms. The number of hydrogen-bond acceptors (Lipinski definition) is 2. The second-order valence-corrected chi connectivity index (χ2v) is 4.83. The van der Waals surface area contributed by atoms with Crippen molar-refractivity contribution in [1.29, 1.82) is 0 Å². The molecule has 0 bridgehead atoms. The fourth-order valence-electron chi connectivity index (χ4n) is 2.45. The number of ether oxygens (including phenoxy) is 1. The first-order chi connectivity index (χ1) is 7.69. The number of carbonyl (C=O) groups excluding carboxylic acids is 1. The molecule has 3 nitrogen and oxygen atoms in total. The minimum atomic E-state index is -0.326. The number of methoxy groups -OCH3 is 1. The second-order valence-electron chi connectivity index (χ2n) is 4.83.